The molecule has 0 bridgehead atoms. The highest BCUT2D eigenvalue weighted by molar-refractivity contribution is 5.88. The number of amides is 1. The molecular formula is C23H33N3O4. The molecule has 1 aliphatic carbocycles. The van der Waals surface area contributed by atoms with Crippen molar-refractivity contribution in [1.82, 2.24) is 9.88 Å². The van der Waals surface area contributed by atoms with E-state index >= 15 is 0 Å². The Bertz CT molecular complexity index is 764. The second kappa shape index (κ2) is 9.60. The molecule has 2 aliphatic rings. The first-order valence-corrected chi connectivity index (χ1v) is 10.8. The molecule has 1 aromatic rings. The SMILES string of the molecule is CC(C)(C)OC(=O)N(c1ccc(C=CC(=O)O)cn1)[C@@H]1CCN(CC2CCCC2)C1. The van der Waals surface area contributed by atoms with Crippen LogP contribution in [0.2, 0.25) is 0 Å². The molecule has 1 atom stereocenters. The molecule has 0 spiro atoms. The van der Waals surface area contributed by atoms with E-state index in [2.05, 4.69) is 9.88 Å². The lowest BCUT2D eigenvalue weighted by Gasteiger charge is -2.31. The maximum Gasteiger partial charge on any atom is 0.416 e. The van der Waals surface area contributed by atoms with Gasteiger partial charge in [0.05, 0.1) is 6.04 Å². The molecule has 1 saturated carbocycles. The van der Waals surface area contributed by atoms with Crippen molar-refractivity contribution in [1.29, 1.82) is 0 Å². The van der Waals surface area contributed by atoms with Crippen molar-refractivity contribution in [3.05, 3.63) is 30.0 Å². The molecule has 2 heterocycles. The van der Waals surface area contributed by atoms with Crippen LogP contribution in [0.15, 0.2) is 24.4 Å². The van der Waals surface area contributed by atoms with Crippen molar-refractivity contribution in [3.8, 4) is 0 Å². The minimum absolute atomic E-state index is 0.00849. The first kappa shape index (κ1) is 22.3. The lowest BCUT2D eigenvalue weighted by molar-refractivity contribution is -0.131. The van der Waals surface area contributed by atoms with Crippen LogP contribution >= 0.6 is 0 Å². The number of carboxylic acid groups (broad SMARTS) is 1. The molecule has 7 heteroatoms. The maximum absolute atomic E-state index is 13.1. The Labute approximate surface area is 178 Å². The fourth-order valence-corrected chi connectivity index (χ4v) is 4.29. The summed E-state index contributed by atoms with van der Waals surface area (Å²) in [6.07, 6.45) is 9.91. The zero-order valence-corrected chi connectivity index (χ0v) is 18.2. The summed E-state index contributed by atoms with van der Waals surface area (Å²) >= 11 is 0. The van der Waals surface area contributed by atoms with Crippen LogP contribution in [0.5, 0.6) is 0 Å². The highest BCUT2D eigenvalue weighted by atomic mass is 16.6. The molecule has 164 valence electrons. The third kappa shape index (κ3) is 6.29. The van der Waals surface area contributed by atoms with Gasteiger partial charge in [0.15, 0.2) is 0 Å². The second-order valence-corrected chi connectivity index (χ2v) is 9.32. The summed E-state index contributed by atoms with van der Waals surface area (Å²) in [5.74, 6) is 0.296. The van der Waals surface area contributed by atoms with Crippen LogP contribution < -0.4 is 4.90 Å². The van der Waals surface area contributed by atoms with E-state index in [1.807, 2.05) is 20.8 Å². The predicted octanol–water partition coefficient (Wildman–Crippen LogP) is 4.19. The fourth-order valence-electron chi connectivity index (χ4n) is 4.29. The van der Waals surface area contributed by atoms with E-state index in [0.29, 0.717) is 11.4 Å². The minimum atomic E-state index is -1.01. The van der Waals surface area contributed by atoms with Crippen LogP contribution in [0.1, 0.15) is 58.4 Å². The first-order valence-electron chi connectivity index (χ1n) is 10.8. The van der Waals surface area contributed by atoms with Crippen molar-refractivity contribution in [3.63, 3.8) is 0 Å². The summed E-state index contributed by atoms with van der Waals surface area (Å²) in [4.78, 5) is 32.3. The zero-order chi connectivity index (χ0) is 21.7. The van der Waals surface area contributed by atoms with Crippen molar-refractivity contribution < 1.29 is 19.4 Å². The Morgan fingerprint density at radius 3 is 2.60 bits per heavy atom. The lowest BCUT2D eigenvalue weighted by atomic mass is 10.1. The Morgan fingerprint density at radius 1 is 1.27 bits per heavy atom. The zero-order valence-electron chi connectivity index (χ0n) is 18.2. The van der Waals surface area contributed by atoms with Gasteiger partial charge in [0.1, 0.15) is 11.4 Å². The number of carbonyl (C=O) groups excluding carboxylic acids is 1. The molecule has 30 heavy (non-hydrogen) atoms. The number of aromatic nitrogens is 1. The molecule has 1 aromatic heterocycles. The average Bonchev–Trinajstić information content (AvgIpc) is 3.32. The summed E-state index contributed by atoms with van der Waals surface area (Å²) in [6.45, 7) is 8.47. The summed E-state index contributed by atoms with van der Waals surface area (Å²) in [6, 6.07) is 3.53. The highest BCUT2D eigenvalue weighted by Crippen LogP contribution is 2.29. The molecule has 2 fully saturated rings. The largest absolute Gasteiger partial charge is 0.478 e. The first-order chi connectivity index (χ1) is 14.2. The van der Waals surface area contributed by atoms with E-state index in [1.165, 1.54) is 31.8 Å². The van der Waals surface area contributed by atoms with Gasteiger partial charge in [0, 0.05) is 31.9 Å². The normalized spacial score (nSPS) is 20.7. The van der Waals surface area contributed by atoms with Crippen molar-refractivity contribution in [2.45, 2.75) is 64.5 Å². The van der Waals surface area contributed by atoms with Crippen LogP contribution in [0.3, 0.4) is 0 Å². The quantitative estimate of drug-likeness (QED) is 0.702. The predicted molar refractivity (Wildman–Crippen MR) is 116 cm³/mol. The topological polar surface area (TPSA) is 83.0 Å². The van der Waals surface area contributed by atoms with Gasteiger partial charge in [0.2, 0.25) is 0 Å². The van der Waals surface area contributed by atoms with Gasteiger partial charge < -0.3 is 14.7 Å². The van der Waals surface area contributed by atoms with Gasteiger partial charge in [-0.3, -0.25) is 4.90 Å². The third-order valence-electron chi connectivity index (χ3n) is 5.63. The van der Waals surface area contributed by atoms with Gasteiger partial charge in [-0.25, -0.2) is 14.6 Å². The Morgan fingerprint density at radius 2 is 2.00 bits per heavy atom. The number of hydrogen-bond acceptors (Lipinski definition) is 5. The fraction of sp³-hybridized carbons (Fsp3) is 0.609. The second-order valence-electron chi connectivity index (χ2n) is 9.32. The minimum Gasteiger partial charge on any atom is -0.478 e. The number of likely N-dealkylation sites (tertiary alicyclic amines) is 1. The van der Waals surface area contributed by atoms with Crippen molar-refractivity contribution in [2.24, 2.45) is 5.92 Å². The number of pyridine rings is 1. The lowest BCUT2D eigenvalue weighted by Crippen LogP contribution is -2.45. The summed E-state index contributed by atoms with van der Waals surface area (Å²) in [5.41, 5.74) is 0.0707. The number of aliphatic carboxylic acids is 1. The smallest absolute Gasteiger partial charge is 0.416 e. The van der Waals surface area contributed by atoms with Crippen molar-refractivity contribution >= 4 is 24.0 Å². The summed E-state index contributed by atoms with van der Waals surface area (Å²) in [7, 11) is 0. The molecule has 1 amide bonds. The molecule has 1 saturated heterocycles. The molecule has 1 N–H and O–H groups in total. The molecule has 7 nitrogen and oxygen atoms in total. The number of carboxylic acids is 1. The van der Waals surface area contributed by atoms with Gasteiger partial charge >= 0.3 is 12.1 Å². The Balaban J connectivity index is 1.75. The molecule has 0 aromatic carbocycles. The van der Waals surface area contributed by atoms with Crippen LogP contribution in [0.4, 0.5) is 10.6 Å². The number of carbonyl (C=O) groups is 2. The molecular weight excluding hydrogens is 382 g/mol. The third-order valence-corrected chi connectivity index (χ3v) is 5.63. The van der Waals surface area contributed by atoms with E-state index in [1.54, 1.807) is 23.2 Å². The Hall–Kier alpha value is -2.41. The van der Waals surface area contributed by atoms with E-state index < -0.39 is 17.7 Å². The van der Waals surface area contributed by atoms with Gasteiger partial charge in [-0.1, -0.05) is 12.8 Å². The number of ether oxygens (including phenoxy) is 1. The molecule has 3 rings (SSSR count). The molecule has 0 radical (unpaired) electrons. The summed E-state index contributed by atoms with van der Waals surface area (Å²) in [5, 5.41) is 8.79. The van der Waals surface area contributed by atoms with E-state index in [4.69, 9.17) is 9.84 Å². The van der Waals surface area contributed by atoms with Gasteiger partial charge in [-0.15, -0.1) is 0 Å². The van der Waals surface area contributed by atoms with Gasteiger partial charge in [-0.2, -0.15) is 0 Å². The van der Waals surface area contributed by atoms with E-state index in [-0.39, 0.29) is 6.04 Å². The van der Waals surface area contributed by atoms with Gasteiger partial charge in [0.25, 0.3) is 0 Å². The number of rotatable bonds is 6. The highest BCUT2D eigenvalue weighted by Gasteiger charge is 2.36. The monoisotopic (exact) mass is 415 g/mol. The average molecular weight is 416 g/mol. The van der Waals surface area contributed by atoms with Crippen LogP contribution in [-0.4, -0.2) is 58.3 Å². The maximum atomic E-state index is 13.1. The number of hydrogen-bond donors (Lipinski definition) is 1. The van der Waals surface area contributed by atoms with Crippen LogP contribution in [0.25, 0.3) is 6.08 Å². The summed E-state index contributed by atoms with van der Waals surface area (Å²) < 4.78 is 5.68. The molecule has 0 unspecified atom stereocenters. The Kier molecular flexibility index (Phi) is 7.13. The van der Waals surface area contributed by atoms with Crippen LogP contribution in [0, 0.1) is 5.92 Å². The van der Waals surface area contributed by atoms with Gasteiger partial charge in [-0.05, 0) is 69.7 Å². The van der Waals surface area contributed by atoms with E-state index in [0.717, 1.165) is 38.0 Å². The standard InChI is InChI=1S/C23H33N3O4/c1-23(2,3)30-22(29)26(20-10-8-17(14-24-20)9-11-21(27)28)19-12-13-25(16-19)15-18-6-4-5-7-18/h8-11,14,18-19H,4-7,12-13,15-16H2,1-3H3,(H,27,28)/t19-/m1/s1. The number of nitrogens with zero attached hydrogens (tertiary/aromatic N) is 3. The van der Waals surface area contributed by atoms with Crippen molar-refractivity contribution in [2.75, 3.05) is 24.5 Å². The molecule has 1 aliphatic heterocycles. The number of anilines is 1. The van der Waals surface area contributed by atoms with E-state index in [9.17, 15) is 9.59 Å². The van der Waals surface area contributed by atoms with Crippen LogP contribution in [-0.2, 0) is 9.53 Å².